The second-order valence-corrected chi connectivity index (χ2v) is 7.40. The maximum absolute atomic E-state index is 14.1. The summed E-state index contributed by atoms with van der Waals surface area (Å²) < 4.78 is 16.3. The second kappa shape index (κ2) is 8.43. The predicted octanol–water partition coefficient (Wildman–Crippen LogP) is 4.75. The Kier molecular flexibility index (Phi) is 5.99. The molecule has 28 heavy (non-hydrogen) atoms. The number of aryl methyl sites for hydroxylation is 1. The van der Waals surface area contributed by atoms with Crippen molar-refractivity contribution in [2.75, 3.05) is 0 Å². The van der Waals surface area contributed by atoms with E-state index in [1.165, 1.54) is 6.07 Å². The molecule has 1 aliphatic rings. The van der Waals surface area contributed by atoms with Crippen molar-refractivity contribution in [2.45, 2.75) is 59.2 Å². The highest BCUT2D eigenvalue weighted by Gasteiger charge is 2.34. The summed E-state index contributed by atoms with van der Waals surface area (Å²) in [5, 5.41) is 9.65. The SMILES string of the molecule is CCCn1c(C)cc(/C=C(\C#N)C(=O)N(Cc2ccccc2F)C2CC2)c1C. The number of amides is 1. The van der Waals surface area contributed by atoms with Gasteiger partial charge in [0.1, 0.15) is 17.5 Å². The van der Waals surface area contributed by atoms with E-state index >= 15 is 0 Å². The van der Waals surface area contributed by atoms with Gasteiger partial charge in [-0.15, -0.1) is 0 Å². The van der Waals surface area contributed by atoms with Gasteiger partial charge in [-0.2, -0.15) is 5.26 Å². The molecule has 0 N–H and O–H groups in total. The third kappa shape index (κ3) is 4.17. The van der Waals surface area contributed by atoms with Crippen LogP contribution in [-0.4, -0.2) is 21.4 Å². The smallest absolute Gasteiger partial charge is 0.265 e. The lowest BCUT2D eigenvalue weighted by molar-refractivity contribution is -0.127. The normalized spacial score (nSPS) is 14.0. The van der Waals surface area contributed by atoms with Crippen molar-refractivity contribution in [3.8, 4) is 6.07 Å². The molecule has 0 aliphatic heterocycles. The number of nitrogens with zero attached hydrogens (tertiary/aromatic N) is 3. The summed E-state index contributed by atoms with van der Waals surface area (Å²) in [6, 6.07) is 10.6. The van der Waals surface area contributed by atoms with Gasteiger partial charge < -0.3 is 9.47 Å². The Morgan fingerprint density at radius 3 is 2.68 bits per heavy atom. The average molecular weight is 379 g/mol. The van der Waals surface area contributed by atoms with Crippen molar-refractivity contribution in [3.05, 3.63) is 64.2 Å². The van der Waals surface area contributed by atoms with Crippen LogP contribution in [0, 0.1) is 31.0 Å². The molecule has 5 heteroatoms. The molecular formula is C23H26FN3O. The second-order valence-electron chi connectivity index (χ2n) is 7.40. The van der Waals surface area contributed by atoms with Crippen molar-refractivity contribution in [1.29, 1.82) is 5.26 Å². The monoisotopic (exact) mass is 379 g/mol. The molecule has 0 atom stereocenters. The first-order valence-corrected chi connectivity index (χ1v) is 9.79. The van der Waals surface area contributed by atoms with E-state index < -0.39 is 0 Å². The number of hydrogen-bond acceptors (Lipinski definition) is 2. The molecule has 0 spiro atoms. The summed E-state index contributed by atoms with van der Waals surface area (Å²) in [7, 11) is 0. The zero-order valence-corrected chi connectivity index (χ0v) is 16.7. The zero-order valence-electron chi connectivity index (χ0n) is 16.7. The number of benzene rings is 1. The molecule has 2 aromatic rings. The lowest BCUT2D eigenvalue weighted by Crippen LogP contribution is -2.33. The standard InChI is InChI=1S/C23H26FN3O/c1-4-11-26-16(2)12-19(17(26)3)13-20(14-25)23(28)27(21-9-10-21)15-18-7-5-6-8-22(18)24/h5-8,12-13,21H,4,9-11,15H2,1-3H3/b20-13+. The van der Waals surface area contributed by atoms with E-state index in [1.54, 1.807) is 29.2 Å². The van der Waals surface area contributed by atoms with Crippen LogP contribution in [-0.2, 0) is 17.9 Å². The number of aromatic nitrogens is 1. The highest BCUT2D eigenvalue weighted by Crippen LogP contribution is 2.30. The van der Waals surface area contributed by atoms with Gasteiger partial charge in [-0.3, -0.25) is 4.79 Å². The topological polar surface area (TPSA) is 49.0 Å². The van der Waals surface area contributed by atoms with Gasteiger partial charge in [0.15, 0.2) is 0 Å². The molecule has 1 saturated carbocycles. The zero-order chi connectivity index (χ0) is 20.3. The maximum Gasteiger partial charge on any atom is 0.265 e. The Balaban J connectivity index is 1.89. The van der Waals surface area contributed by atoms with Crippen LogP contribution in [0.4, 0.5) is 4.39 Å². The van der Waals surface area contributed by atoms with E-state index in [0.29, 0.717) is 5.56 Å². The molecule has 1 aromatic heterocycles. The first-order chi connectivity index (χ1) is 13.5. The van der Waals surface area contributed by atoms with Crippen LogP contribution in [0.5, 0.6) is 0 Å². The molecule has 0 unspecified atom stereocenters. The fourth-order valence-electron chi connectivity index (χ4n) is 3.56. The molecule has 1 fully saturated rings. The Morgan fingerprint density at radius 1 is 1.36 bits per heavy atom. The van der Waals surface area contributed by atoms with Crippen LogP contribution in [0.2, 0.25) is 0 Å². The first-order valence-electron chi connectivity index (χ1n) is 9.79. The summed E-state index contributed by atoms with van der Waals surface area (Å²) >= 11 is 0. The first kappa shape index (κ1) is 19.9. The van der Waals surface area contributed by atoms with Gasteiger partial charge in [0.05, 0.1) is 0 Å². The van der Waals surface area contributed by atoms with E-state index in [2.05, 4.69) is 17.6 Å². The molecule has 0 radical (unpaired) electrons. The number of hydrogen-bond donors (Lipinski definition) is 0. The Hall–Kier alpha value is -2.87. The van der Waals surface area contributed by atoms with Crippen molar-refractivity contribution in [3.63, 3.8) is 0 Å². The van der Waals surface area contributed by atoms with E-state index in [1.807, 2.05) is 19.9 Å². The third-order valence-corrected chi connectivity index (χ3v) is 5.26. The lowest BCUT2D eigenvalue weighted by atomic mass is 10.1. The summed E-state index contributed by atoms with van der Waals surface area (Å²) in [5.74, 6) is -0.653. The van der Waals surface area contributed by atoms with E-state index in [-0.39, 0.29) is 29.9 Å². The number of halogens is 1. The molecule has 4 nitrogen and oxygen atoms in total. The minimum absolute atomic E-state index is 0.0800. The summed E-state index contributed by atoms with van der Waals surface area (Å²) in [6.45, 7) is 7.25. The quantitative estimate of drug-likeness (QED) is 0.515. The Morgan fingerprint density at radius 2 is 2.07 bits per heavy atom. The van der Waals surface area contributed by atoms with E-state index in [9.17, 15) is 14.4 Å². The van der Waals surface area contributed by atoms with Gasteiger partial charge in [-0.25, -0.2) is 4.39 Å². The molecule has 3 rings (SSSR count). The molecule has 1 amide bonds. The average Bonchev–Trinajstić information content (AvgIpc) is 3.48. The summed E-state index contributed by atoms with van der Waals surface area (Å²) in [4.78, 5) is 14.7. The number of carbonyl (C=O) groups is 1. The largest absolute Gasteiger partial charge is 0.349 e. The van der Waals surface area contributed by atoms with Crippen LogP contribution in [0.3, 0.4) is 0 Å². The highest BCUT2D eigenvalue weighted by atomic mass is 19.1. The predicted molar refractivity (Wildman–Crippen MR) is 108 cm³/mol. The fraction of sp³-hybridized carbons (Fsp3) is 0.391. The molecule has 0 saturated heterocycles. The summed E-state index contributed by atoms with van der Waals surface area (Å²) in [6.07, 6.45) is 4.48. The third-order valence-electron chi connectivity index (χ3n) is 5.26. The van der Waals surface area contributed by atoms with Crippen LogP contribution >= 0.6 is 0 Å². The minimum Gasteiger partial charge on any atom is -0.349 e. The maximum atomic E-state index is 14.1. The fourth-order valence-corrected chi connectivity index (χ4v) is 3.56. The number of carbonyl (C=O) groups excluding carboxylic acids is 1. The van der Waals surface area contributed by atoms with Crippen LogP contribution in [0.1, 0.15) is 48.7 Å². The Labute approximate surface area is 165 Å². The van der Waals surface area contributed by atoms with Gasteiger partial charge in [-0.1, -0.05) is 25.1 Å². The lowest BCUT2D eigenvalue weighted by Gasteiger charge is -2.22. The molecule has 0 bridgehead atoms. The van der Waals surface area contributed by atoms with Crippen molar-refractivity contribution in [1.82, 2.24) is 9.47 Å². The molecular weight excluding hydrogens is 353 g/mol. The van der Waals surface area contributed by atoms with Gasteiger partial charge in [0.25, 0.3) is 5.91 Å². The van der Waals surface area contributed by atoms with Crippen molar-refractivity contribution < 1.29 is 9.18 Å². The van der Waals surface area contributed by atoms with Gasteiger partial charge in [0, 0.05) is 36.1 Å². The van der Waals surface area contributed by atoms with Crippen molar-refractivity contribution >= 4 is 12.0 Å². The van der Waals surface area contributed by atoms with Crippen LogP contribution in [0.25, 0.3) is 6.08 Å². The van der Waals surface area contributed by atoms with Crippen LogP contribution < -0.4 is 0 Å². The van der Waals surface area contributed by atoms with Gasteiger partial charge >= 0.3 is 0 Å². The number of nitriles is 1. The molecule has 1 heterocycles. The minimum atomic E-state index is -0.327. The molecule has 1 aromatic carbocycles. The molecule has 146 valence electrons. The van der Waals surface area contributed by atoms with Crippen molar-refractivity contribution in [2.24, 2.45) is 0 Å². The van der Waals surface area contributed by atoms with Gasteiger partial charge in [-0.05, 0) is 56.9 Å². The van der Waals surface area contributed by atoms with Crippen LogP contribution in [0.15, 0.2) is 35.9 Å². The summed E-state index contributed by atoms with van der Waals surface area (Å²) in [5.41, 5.74) is 3.62. The van der Waals surface area contributed by atoms with Gasteiger partial charge in [0.2, 0.25) is 0 Å². The van der Waals surface area contributed by atoms with E-state index in [4.69, 9.17) is 0 Å². The molecule has 1 aliphatic carbocycles. The highest BCUT2D eigenvalue weighted by molar-refractivity contribution is 6.02. The Bertz CT molecular complexity index is 947. The number of rotatable bonds is 7. The van der Waals surface area contributed by atoms with E-state index in [0.717, 1.165) is 42.8 Å².